The topological polar surface area (TPSA) is 137 Å². The maximum Gasteiger partial charge on any atom is 0.511 e. The Labute approximate surface area is 219 Å². The van der Waals surface area contributed by atoms with Crippen LogP contribution in [0.5, 0.6) is 17.2 Å². The van der Waals surface area contributed by atoms with Crippen molar-refractivity contribution in [3.05, 3.63) is 48.5 Å². The molecular formula is C26H30N6O6. The molecule has 3 heterocycles. The van der Waals surface area contributed by atoms with Gasteiger partial charge in [-0.15, -0.1) is 0 Å². The second-order valence-corrected chi connectivity index (χ2v) is 8.86. The van der Waals surface area contributed by atoms with Gasteiger partial charge < -0.3 is 29.1 Å². The quantitative estimate of drug-likeness (QED) is 0.227. The van der Waals surface area contributed by atoms with Gasteiger partial charge in [-0.1, -0.05) is 0 Å². The Balaban J connectivity index is 1.23. The monoisotopic (exact) mass is 522 g/mol. The van der Waals surface area contributed by atoms with E-state index in [0.29, 0.717) is 41.8 Å². The average Bonchev–Trinajstić information content (AvgIpc) is 3.55. The van der Waals surface area contributed by atoms with Crippen LogP contribution in [0.4, 0.5) is 10.8 Å². The van der Waals surface area contributed by atoms with Crippen molar-refractivity contribution in [2.45, 2.75) is 39.3 Å². The van der Waals surface area contributed by atoms with Gasteiger partial charge in [0.05, 0.1) is 13.2 Å². The number of hydrogen-bond donors (Lipinski definition) is 2. The Morgan fingerprint density at radius 3 is 2.50 bits per heavy atom. The van der Waals surface area contributed by atoms with Crippen molar-refractivity contribution in [2.75, 3.05) is 31.6 Å². The highest BCUT2D eigenvalue weighted by Gasteiger charge is 2.23. The van der Waals surface area contributed by atoms with Gasteiger partial charge in [-0.3, -0.25) is 4.90 Å². The first-order chi connectivity index (χ1) is 18.5. The molecule has 0 spiro atoms. The summed E-state index contributed by atoms with van der Waals surface area (Å²) in [5.41, 5.74) is 2.95. The van der Waals surface area contributed by atoms with E-state index in [4.69, 9.17) is 23.7 Å². The van der Waals surface area contributed by atoms with Crippen LogP contribution < -0.4 is 19.5 Å². The average molecular weight is 523 g/mol. The number of aromatic nitrogens is 4. The van der Waals surface area contributed by atoms with Gasteiger partial charge in [-0.05, 0) is 56.5 Å². The van der Waals surface area contributed by atoms with Crippen molar-refractivity contribution in [2.24, 2.45) is 0 Å². The molecule has 1 fully saturated rings. The first kappa shape index (κ1) is 25.3. The van der Waals surface area contributed by atoms with Crippen molar-refractivity contribution < 1.29 is 28.5 Å². The molecule has 0 radical (unpaired) electrons. The number of likely N-dealkylation sites (tertiary alicyclic amines) is 1. The number of nitrogens with zero attached hydrogens (tertiary/aromatic N) is 5. The van der Waals surface area contributed by atoms with Crippen LogP contribution in [0.25, 0.3) is 16.8 Å². The third-order valence-corrected chi connectivity index (χ3v) is 6.23. The van der Waals surface area contributed by atoms with Crippen molar-refractivity contribution in [3.63, 3.8) is 0 Å². The molecule has 200 valence electrons. The number of hydrogen-bond acceptors (Lipinski definition) is 10. The molecular weight excluding hydrogens is 492 g/mol. The standard InChI is InChI=1S/C26H30N6O6/c1-3-35-22-11-17(12-23(36-4-2)24(22)32-16-27-15-28-32)14-31-9-7-18(8-10-31)29-25-30-20-13-19(37-26(33)34)5-6-21(20)38-25/h5-6,11-13,15-16,18H,3-4,7-10,14H2,1-2H3,(H,29,30)(H,33,34). The first-order valence-electron chi connectivity index (χ1n) is 12.6. The predicted octanol–water partition coefficient (Wildman–Crippen LogP) is 4.34. The van der Waals surface area contributed by atoms with Crippen LogP contribution in [0, 0.1) is 0 Å². The number of ether oxygens (including phenoxy) is 3. The summed E-state index contributed by atoms with van der Waals surface area (Å²) in [7, 11) is 0. The molecule has 1 aliphatic heterocycles. The zero-order chi connectivity index (χ0) is 26.5. The zero-order valence-corrected chi connectivity index (χ0v) is 21.3. The predicted molar refractivity (Wildman–Crippen MR) is 138 cm³/mol. The highest BCUT2D eigenvalue weighted by Crippen LogP contribution is 2.35. The highest BCUT2D eigenvalue weighted by atomic mass is 16.7. The fraction of sp³-hybridized carbons (Fsp3) is 0.385. The summed E-state index contributed by atoms with van der Waals surface area (Å²) in [6.45, 7) is 7.51. The van der Waals surface area contributed by atoms with E-state index in [2.05, 4.69) is 25.3 Å². The van der Waals surface area contributed by atoms with E-state index >= 15 is 0 Å². The van der Waals surface area contributed by atoms with E-state index in [1.165, 1.54) is 12.4 Å². The Bertz CT molecular complexity index is 1350. The Hall–Kier alpha value is -4.32. The van der Waals surface area contributed by atoms with Crippen LogP contribution >= 0.6 is 0 Å². The normalized spacial score (nSPS) is 14.5. The third kappa shape index (κ3) is 5.80. The summed E-state index contributed by atoms with van der Waals surface area (Å²) < 4.78 is 24.1. The number of fused-ring (bicyclic) bond motifs is 1. The molecule has 2 N–H and O–H groups in total. The minimum Gasteiger partial charge on any atom is -0.491 e. The number of nitrogens with one attached hydrogen (secondary N) is 1. The van der Waals surface area contributed by atoms with Gasteiger partial charge in [0.2, 0.25) is 0 Å². The Kier molecular flexibility index (Phi) is 7.59. The van der Waals surface area contributed by atoms with Gasteiger partial charge in [-0.25, -0.2) is 14.5 Å². The zero-order valence-electron chi connectivity index (χ0n) is 21.3. The number of rotatable bonds is 10. The fourth-order valence-electron chi connectivity index (χ4n) is 4.61. The number of benzene rings is 2. The molecule has 0 amide bonds. The van der Waals surface area contributed by atoms with Crippen molar-refractivity contribution in [1.82, 2.24) is 24.6 Å². The van der Waals surface area contributed by atoms with E-state index in [0.717, 1.165) is 43.7 Å². The Morgan fingerprint density at radius 2 is 1.87 bits per heavy atom. The molecule has 0 saturated carbocycles. The summed E-state index contributed by atoms with van der Waals surface area (Å²) in [6.07, 6.45) is 3.59. The molecule has 0 unspecified atom stereocenters. The van der Waals surface area contributed by atoms with E-state index in [1.807, 2.05) is 26.0 Å². The molecule has 0 atom stereocenters. The molecule has 5 rings (SSSR count). The second-order valence-electron chi connectivity index (χ2n) is 8.86. The minimum atomic E-state index is -1.37. The van der Waals surface area contributed by atoms with Gasteiger partial charge in [0, 0.05) is 31.7 Å². The van der Waals surface area contributed by atoms with Crippen LogP contribution in [0.1, 0.15) is 32.3 Å². The van der Waals surface area contributed by atoms with Crippen molar-refractivity contribution in [1.29, 1.82) is 0 Å². The molecule has 12 nitrogen and oxygen atoms in total. The van der Waals surface area contributed by atoms with Crippen molar-refractivity contribution in [3.8, 4) is 22.9 Å². The summed E-state index contributed by atoms with van der Waals surface area (Å²) in [5.74, 6) is 1.62. The third-order valence-electron chi connectivity index (χ3n) is 6.23. The van der Waals surface area contributed by atoms with E-state index in [1.54, 1.807) is 23.1 Å². The molecule has 0 bridgehead atoms. The lowest BCUT2D eigenvalue weighted by Crippen LogP contribution is -2.38. The molecule has 12 heteroatoms. The summed E-state index contributed by atoms with van der Waals surface area (Å²) in [6, 6.07) is 9.45. The maximum atomic E-state index is 10.8. The van der Waals surface area contributed by atoms with Gasteiger partial charge in [0.15, 0.2) is 11.3 Å². The number of piperidine rings is 1. The van der Waals surface area contributed by atoms with Crippen LogP contribution in [-0.2, 0) is 6.54 Å². The minimum absolute atomic E-state index is 0.201. The molecule has 4 aromatic rings. The summed E-state index contributed by atoms with van der Waals surface area (Å²) >= 11 is 0. The summed E-state index contributed by atoms with van der Waals surface area (Å²) in [5, 5.41) is 16.4. The van der Waals surface area contributed by atoms with Crippen LogP contribution in [0.2, 0.25) is 0 Å². The SMILES string of the molecule is CCOc1cc(CN2CCC(Nc3nc4cc(OC(=O)O)ccc4o3)CC2)cc(OCC)c1-n1cncn1. The lowest BCUT2D eigenvalue weighted by Gasteiger charge is -2.32. The molecule has 1 saturated heterocycles. The largest absolute Gasteiger partial charge is 0.511 e. The lowest BCUT2D eigenvalue weighted by molar-refractivity contribution is 0.144. The smallest absolute Gasteiger partial charge is 0.491 e. The summed E-state index contributed by atoms with van der Waals surface area (Å²) in [4.78, 5) is 21.7. The Morgan fingerprint density at radius 1 is 1.13 bits per heavy atom. The van der Waals surface area contributed by atoms with Gasteiger partial charge in [-0.2, -0.15) is 10.1 Å². The van der Waals surface area contributed by atoms with E-state index in [-0.39, 0.29) is 11.8 Å². The highest BCUT2D eigenvalue weighted by molar-refractivity contribution is 5.77. The molecule has 1 aliphatic rings. The maximum absolute atomic E-state index is 10.8. The van der Waals surface area contributed by atoms with Crippen LogP contribution in [0.15, 0.2) is 47.4 Å². The van der Waals surface area contributed by atoms with E-state index in [9.17, 15) is 4.79 Å². The van der Waals surface area contributed by atoms with Crippen LogP contribution in [-0.4, -0.2) is 68.3 Å². The number of carboxylic acid groups (broad SMARTS) is 1. The first-order valence-corrected chi connectivity index (χ1v) is 12.6. The molecule has 2 aromatic carbocycles. The number of oxazole rings is 1. The lowest BCUT2D eigenvalue weighted by atomic mass is 10.0. The number of anilines is 1. The molecule has 2 aromatic heterocycles. The number of carbonyl (C=O) groups is 1. The van der Waals surface area contributed by atoms with Crippen LogP contribution in [0.3, 0.4) is 0 Å². The fourth-order valence-corrected chi connectivity index (χ4v) is 4.61. The second kappa shape index (κ2) is 11.4. The molecule has 0 aliphatic carbocycles. The van der Waals surface area contributed by atoms with Gasteiger partial charge >= 0.3 is 6.16 Å². The molecule has 38 heavy (non-hydrogen) atoms. The van der Waals surface area contributed by atoms with Crippen molar-refractivity contribution >= 4 is 23.3 Å². The van der Waals surface area contributed by atoms with E-state index < -0.39 is 6.16 Å². The van der Waals surface area contributed by atoms with Gasteiger partial charge in [0.25, 0.3) is 6.01 Å². The van der Waals surface area contributed by atoms with Gasteiger partial charge in [0.1, 0.15) is 35.4 Å².